The lowest BCUT2D eigenvalue weighted by atomic mass is 10.2. The van der Waals surface area contributed by atoms with E-state index in [9.17, 15) is 4.79 Å². The fourth-order valence-electron chi connectivity index (χ4n) is 2.95. The minimum Gasteiger partial charge on any atom is -0.493 e. The van der Waals surface area contributed by atoms with Gasteiger partial charge in [0.25, 0.3) is 5.91 Å². The molecule has 3 rings (SSSR count). The summed E-state index contributed by atoms with van der Waals surface area (Å²) >= 11 is 0. The van der Waals surface area contributed by atoms with E-state index in [0.717, 1.165) is 11.4 Å². The zero-order chi connectivity index (χ0) is 19.4. The molecule has 0 atom stereocenters. The summed E-state index contributed by atoms with van der Waals surface area (Å²) in [5.41, 5.74) is 2.91. The minimum atomic E-state index is -0.0974. The molecule has 142 valence electrons. The molecule has 0 saturated carbocycles. The first kappa shape index (κ1) is 18.7. The Kier molecular flexibility index (Phi) is 5.59. The van der Waals surface area contributed by atoms with Crippen LogP contribution in [0.5, 0.6) is 11.5 Å². The quantitative estimate of drug-likeness (QED) is 0.600. The molecule has 0 bridgehead atoms. The summed E-state index contributed by atoms with van der Waals surface area (Å²) in [6, 6.07) is 9.45. The van der Waals surface area contributed by atoms with Crippen LogP contribution in [0.2, 0.25) is 0 Å². The van der Waals surface area contributed by atoms with Crippen LogP contribution >= 0.6 is 0 Å². The standard InChI is InChI=1S/C20H24N4O3/c1-14-12-15(2)24-19(22-14)16(13-21-24)20(25)23(3)10-7-11-27-18-9-6-5-8-17(18)26-4/h5-6,8-9,12-13H,7,10-11H2,1-4H3. The van der Waals surface area contributed by atoms with Crippen LogP contribution in [0.25, 0.3) is 5.65 Å². The van der Waals surface area contributed by atoms with Gasteiger partial charge in [0.1, 0.15) is 5.56 Å². The van der Waals surface area contributed by atoms with Crippen LogP contribution in [0.15, 0.2) is 36.5 Å². The summed E-state index contributed by atoms with van der Waals surface area (Å²) in [5.74, 6) is 1.30. The molecule has 0 spiro atoms. The lowest BCUT2D eigenvalue weighted by Crippen LogP contribution is -2.28. The van der Waals surface area contributed by atoms with Crippen molar-refractivity contribution in [2.75, 3.05) is 27.3 Å². The van der Waals surface area contributed by atoms with Gasteiger partial charge in [0.15, 0.2) is 17.1 Å². The molecule has 1 aromatic carbocycles. The number of benzene rings is 1. The van der Waals surface area contributed by atoms with Gasteiger partial charge in [0, 0.05) is 25.0 Å². The molecular formula is C20H24N4O3. The van der Waals surface area contributed by atoms with E-state index in [1.54, 1.807) is 29.8 Å². The highest BCUT2D eigenvalue weighted by atomic mass is 16.5. The monoisotopic (exact) mass is 368 g/mol. The van der Waals surface area contributed by atoms with Gasteiger partial charge in [-0.25, -0.2) is 9.50 Å². The van der Waals surface area contributed by atoms with Gasteiger partial charge in [0.05, 0.1) is 19.9 Å². The average Bonchev–Trinajstić information content (AvgIpc) is 3.08. The number of aromatic nitrogens is 3. The number of amides is 1. The van der Waals surface area contributed by atoms with Gasteiger partial charge in [-0.2, -0.15) is 5.10 Å². The number of ether oxygens (including phenoxy) is 2. The molecule has 0 radical (unpaired) electrons. The molecule has 0 saturated heterocycles. The van der Waals surface area contributed by atoms with Gasteiger partial charge in [-0.1, -0.05) is 12.1 Å². The fourth-order valence-corrected chi connectivity index (χ4v) is 2.95. The second-order valence-corrected chi connectivity index (χ2v) is 6.41. The third kappa shape index (κ3) is 4.02. The summed E-state index contributed by atoms with van der Waals surface area (Å²) in [4.78, 5) is 18.9. The normalized spacial score (nSPS) is 10.8. The molecule has 0 unspecified atom stereocenters. The second kappa shape index (κ2) is 8.07. The Morgan fingerprint density at radius 1 is 1.22 bits per heavy atom. The number of rotatable bonds is 7. The van der Waals surface area contributed by atoms with Crippen LogP contribution in [0, 0.1) is 13.8 Å². The van der Waals surface area contributed by atoms with Crippen molar-refractivity contribution in [3.8, 4) is 11.5 Å². The SMILES string of the molecule is COc1ccccc1OCCCN(C)C(=O)c1cnn2c(C)cc(C)nc12. The Labute approximate surface area is 158 Å². The van der Waals surface area contributed by atoms with E-state index in [-0.39, 0.29) is 5.91 Å². The third-order valence-corrected chi connectivity index (χ3v) is 4.32. The molecule has 2 aromatic heterocycles. The smallest absolute Gasteiger partial charge is 0.259 e. The molecule has 0 aliphatic carbocycles. The lowest BCUT2D eigenvalue weighted by Gasteiger charge is -2.17. The molecule has 0 N–H and O–H groups in total. The molecular weight excluding hydrogens is 344 g/mol. The Bertz CT molecular complexity index is 952. The maximum atomic E-state index is 12.8. The third-order valence-electron chi connectivity index (χ3n) is 4.32. The largest absolute Gasteiger partial charge is 0.493 e. The predicted octanol–water partition coefficient (Wildman–Crippen LogP) is 2.90. The van der Waals surface area contributed by atoms with Gasteiger partial charge < -0.3 is 14.4 Å². The minimum absolute atomic E-state index is 0.0974. The van der Waals surface area contributed by atoms with Crippen molar-refractivity contribution >= 4 is 11.6 Å². The molecule has 27 heavy (non-hydrogen) atoms. The van der Waals surface area contributed by atoms with Crippen molar-refractivity contribution in [3.05, 3.63) is 53.5 Å². The van der Waals surface area contributed by atoms with Gasteiger partial charge in [-0.15, -0.1) is 0 Å². The molecule has 0 aliphatic rings. The average molecular weight is 368 g/mol. The van der Waals surface area contributed by atoms with E-state index in [1.807, 2.05) is 44.2 Å². The van der Waals surface area contributed by atoms with Crippen molar-refractivity contribution < 1.29 is 14.3 Å². The van der Waals surface area contributed by atoms with Crippen LogP contribution in [0.3, 0.4) is 0 Å². The number of nitrogens with zero attached hydrogens (tertiary/aromatic N) is 4. The zero-order valence-corrected chi connectivity index (χ0v) is 16.1. The number of carbonyl (C=O) groups excluding carboxylic acids is 1. The summed E-state index contributed by atoms with van der Waals surface area (Å²) in [6.07, 6.45) is 2.28. The van der Waals surface area contributed by atoms with E-state index < -0.39 is 0 Å². The van der Waals surface area contributed by atoms with E-state index >= 15 is 0 Å². The van der Waals surface area contributed by atoms with Crippen molar-refractivity contribution in [2.45, 2.75) is 20.3 Å². The van der Waals surface area contributed by atoms with Crippen LogP contribution in [0.1, 0.15) is 28.2 Å². The fraction of sp³-hybridized carbons (Fsp3) is 0.350. The second-order valence-electron chi connectivity index (χ2n) is 6.41. The van der Waals surface area contributed by atoms with Crippen molar-refractivity contribution in [2.24, 2.45) is 0 Å². The summed E-state index contributed by atoms with van der Waals surface area (Å²) < 4.78 is 12.7. The van der Waals surface area contributed by atoms with Gasteiger partial charge in [-0.3, -0.25) is 4.79 Å². The van der Waals surface area contributed by atoms with Crippen LogP contribution in [0.4, 0.5) is 0 Å². The molecule has 2 heterocycles. The summed E-state index contributed by atoms with van der Waals surface area (Å²) in [7, 11) is 3.39. The Hall–Kier alpha value is -3.09. The first-order valence-corrected chi connectivity index (χ1v) is 8.84. The topological polar surface area (TPSA) is 69.0 Å². The van der Waals surface area contributed by atoms with E-state index in [4.69, 9.17) is 9.47 Å². The highest BCUT2D eigenvalue weighted by Crippen LogP contribution is 2.25. The molecule has 3 aromatic rings. The first-order valence-electron chi connectivity index (χ1n) is 8.84. The highest BCUT2D eigenvalue weighted by Gasteiger charge is 2.19. The Morgan fingerprint density at radius 3 is 2.70 bits per heavy atom. The van der Waals surface area contributed by atoms with Crippen molar-refractivity contribution in [3.63, 3.8) is 0 Å². The first-order chi connectivity index (χ1) is 13.0. The number of carbonyl (C=O) groups is 1. The van der Waals surface area contributed by atoms with Crippen LogP contribution in [-0.4, -0.2) is 52.7 Å². The van der Waals surface area contributed by atoms with Gasteiger partial charge >= 0.3 is 0 Å². The predicted molar refractivity (Wildman–Crippen MR) is 103 cm³/mol. The van der Waals surface area contributed by atoms with Crippen LogP contribution in [-0.2, 0) is 0 Å². The number of aryl methyl sites for hydroxylation is 2. The van der Waals surface area contributed by atoms with E-state index in [0.29, 0.717) is 42.3 Å². The van der Waals surface area contributed by atoms with Crippen molar-refractivity contribution in [1.82, 2.24) is 19.5 Å². The van der Waals surface area contributed by atoms with Gasteiger partial charge in [-0.05, 0) is 38.5 Å². The molecule has 7 nitrogen and oxygen atoms in total. The molecule has 1 amide bonds. The van der Waals surface area contributed by atoms with E-state index in [2.05, 4.69) is 10.1 Å². The maximum Gasteiger partial charge on any atom is 0.259 e. The number of para-hydroxylation sites is 2. The Morgan fingerprint density at radius 2 is 1.96 bits per heavy atom. The molecule has 0 aliphatic heterocycles. The maximum absolute atomic E-state index is 12.8. The number of fused-ring (bicyclic) bond motifs is 1. The van der Waals surface area contributed by atoms with Gasteiger partial charge in [0.2, 0.25) is 0 Å². The van der Waals surface area contributed by atoms with Crippen LogP contribution < -0.4 is 9.47 Å². The zero-order valence-electron chi connectivity index (χ0n) is 16.1. The lowest BCUT2D eigenvalue weighted by molar-refractivity contribution is 0.0789. The number of hydrogen-bond acceptors (Lipinski definition) is 5. The molecule has 7 heteroatoms. The Balaban J connectivity index is 1.60. The molecule has 0 fully saturated rings. The van der Waals surface area contributed by atoms with E-state index in [1.165, 1.54) is 0 Å². The summed E-state index contributed by atoms with van der Waals surface area (Å²) in [6.45, 7) is 4.91. The highest BCUT2D eigenvalue weighted by molar-refractivity contribution is 5.99. The summed E-state index contributed by atoms with van der Waals surface area (Å²) in [5, 5.41) is 4.29. The number of hydrogen-bond donors (Lipinski definition) is 0. The van der Waals surface area contributed by atoms with Crippen molar-refractivity contribution in [1.29, 1.82) is 0 Å². The number of methoxy groups -OCH3 is 1.